The molecule has 0 saturated heterocycles. The van der Waals surface area contributed by atoms with Gasteiger partial charge in [0.05, 0.1) is 11.3 Å². The Bertz CT molecular complexity index is 301. The average molecular weight is 228 g/mol. The standard InChI is InChI=1S/C11H20N2OS/c1-6-14-11(4,5)7-12-10-13-8(2)9(3)15-10/h6-7H2,1-5H3,(H,12,13). The molecule has 0 radical (unpaired) electrons. The van der Waals surface area contributed by atoms with Gasteiger partial charge in [0, 0.05) is 18.0 Å². The van der Waals surface area contributed by atoms with Crippen LogP contribution in [0, 0.1) is 13.8 Å². The quantitative estimate of drug-likeness (QED) is 0.841. The lowest BCUT2D eigenvalue weighted by Crippen LogP contribution is -2.33. The van der Waals surface area contributed by atoms with Crippen molar-refractivity contribution in [2.24, 2.45) is 0 Å². The van der Waals surface area contributed by atoms with Crippen LogP contribution in [0.5, 0.6) is 0 Å². The van der Waals surface area contributed by atoms with Crippen molar-refractivity contribution in [3.63, 3.8) is 0 Å². The van der Waals surface area contributed by atoms with Gasteiger partial charge < -0.3 is 10.1 Å². The van der Waals surface area contributed by atoms with Crippen LogP contribution in [0.1, 0.15) is 31.3 Å². The van der Waals surface area contributed by atoms with E-state index < -0.39 is 0 Å². The molecule has 0 amide bonds. The van der Waals surface area contributed by atoms with Crippen molar-refractivity contribution in [2.45, 2.75) is 40.2 Å². The summed E-state index contributed by atoms with van der Waals surface area (Å²) in [5.41, 5.74) is 0.971. The van der Waals surface area contributed by atoms with Crippen LogP contribution in [-0.2, 0) is 4.74 Å². The highest BCUT2D eigenvalue weighted by Crippen LogP contribution is 2.22. The van der Waals surface area contributed by atoms with Crippen LogP contribution in [0.25, 0.3) is 0 Å². The summed E-state index contributed by atoms with van der Waals surface area (Å²) in [5, 5.41) is 4.30. The lowest BCUT2D eigenvalue weighted by Gasteiger charge is -2.24. The molecule has 0 aromatic carbocycles. The number of nitrogens with one attached hydrogen (secondary N) is 1. The minimum Gasteiger partial charge on any atom is -0.374 e. The lowest BCUT2D eigenvalue weighted by molar-refractivity contribution is 0.000694. The monoisotopic (exact) mass is 228 g/mol. The van der Waals surface area contributed by atoms with Crippen molar-refractivity contribution >= 4 is 16.5 Å². The van der Waals surface area contributed by atoms with Crippen molar-refractivity contribution in [1.82, 2.24) is 4.98 Å². The summed E-state index contributed by atoms with van der Waals surface area (Å²) in [6.07, 6.45) is 0. The first-order chi connectivity index (χ1) is 6.94. The normalized spacial score (nSPS) is 11.8. The Morgan fingerprint density at radius 2 is 2.07 bits per heavy atom. The molecule has 0 fully saturated rings. The molecule has 0 spiro atoms. The highest BCUT2D eigenvalue weighted by Gasteiger charge is 2.17. The molecule has 1 heterocycles. The van der Waals surface area contributed by atoms with Gasteiger partial charge in [0.15, 0.2) is 5.13 Å². The molecule has 0 atom stereocenters. The van der Waals surface area contributed by atoms with Crippen LogP contribution in [0.15, 0.2) is 0 Å². The molecule has 15 heavy (non-hydrogen) atoms. The molecular formula is C11H20N2OS. The first-order valence-electron chi connectivity index (χ1n) is 5.26. The van der Waals surface area contributed by atoms with E-state index in [4.69, 9.17) is 4.74 Å². The summed E-state index contributed by atoms with van der Waals surface area (Å²) in [6, 6.07) is 0. The third-order valence-corrected chi connectivity index (χ3v) is 3.26. The van der Waals surface area contributed by atoms with Gasteiger partial charge in [0.2, 0.25) is 0 Å². The van der Waals surface area contributed by atoms with E-state index in [-0.39, 0.29) is 5.60 Å². The Balaban J connectivity index is 2.49. The smallest absolute Gasteiger partial charge is 0.183 e. The molecule has 0 unspecified atom stereocenters. The number of aryl methyl sites for hydroxylation is 2. The topological polar surface area (TPSA) is 34.1 Å². The molecule has 1 N–H and O–H groups in total. The van der Waals surface area contributed by atoms with E-state index >= 15 is 0 Å². The second-order valence-electron chi connectivity index (χ2n) is 4.21. The van der Waals surface area contributed by atoms with Gasteiger partial charge in [-0.25, -0.2) is 4.98 Å². The SMILES string of the molecule is CCOC(C)(C)CNc1nc(C)c(C)s1. The Hall–Kier alpha value is -0.610. The summed E-state index contributed by atoms with van der Waals surface area (Å²) in [5.74, 6) is 0. The minimum atomic E-state index is -0.137. The van der Waals surface area contributed by atoms with Crippen molar-refractivity contribution < 1.29 is 4.74 Å². The molecule has 86 valence electrons. The van der Waals surface area contributed by atoms with E-state index in [1.165, 1.54) is 4.88 Å². The van der Waals surface area contributed by atoms with E-state index in [1.54, 1.807) is 11.3 Å². The molecule has 0 aliphatic heterocycles. The molecule has 0 saturated carbocycles. The highest BCUT2D eigenvalue weighted by atomic mass is 32.1. The van der Waals surface area contributed by atoms with Gasteiger partial charge >= 0.3 is 0 Å². The zero-order chi connectivity index (χ0) is 11.5. The molecule has 1 rings (SSSR count). The second kappa shape index (κ2) is 4.94. The van der Waals surface area contributed by atoms with E-state index in [0.29, 0.717) is 0 Å². The Kier molecular flexibility index (Phi) is 4.11. The number of hydrogen-bond acceptors (Lipinski definition) is 4. The molecule has 4 heteroatoms. The number of nitrogens with zero attached hydrogens (tertiary/aromatic N) is 1. The fourth-order valence-corrected chi connectivity index (χ4v) is 2.09. The zero-order valence-corrected chi connectivity index (χ0v) is 11.0. The van der Waals surface area contributed by atoms with Crippen LogP contribution in [0.4, 0.5) is 5.13 Å². The fraction of sp³-hybridized carbons (Fsp3) is 0.727. The summed E-state index contributed by atoms with van der Waals surface area (Å²) < 4.78 is 5.60. The van der Waals surface area contributed by atoms with E-state index in [9.17, 15) is 0 Å². The van der Waals surface area contributed by atoms with E-state index in [0.717, 1.165) is 24.0 Å². The number of hydrogen-bond donors (Lipinski definition) is 1. The predicted molar refractivity (Wildman–Crippen MR) is 65.8 cm³/mol. The Morgan fingerprint density at radius 1 is 1.40 bits per heavy atom. The molecule has 0 bridgehead atoms. The maximum Gasteiger partial charge on any atom is 0.183 e. The lowest BCUT2D eigenvalue weighted by atomic mass is 10.1. The maximum absolute atomic E-state index is 5.60. The molecule has 0 aliphatic rings. The third-order valence-electron chi connectivity index (χ3n) is 2.23. The number of rotatable bonds is 5. The van der Waals surface area contributed by atoms with Crippen LogP contribution in [0.3, 0.4) is 0 Å². The number of ether oxygens (including phenoxy) is 1. The van der Waals surface area contributed by atoms with Gasteiger partial charge in [0.25, 0.3) is 0 Å². The molecule has 1 aromatic rings. The molecule has 1 aromatic heterocycles. The highest BCUT2D eigenvalue weighted by molar-refractivity contribution is 7.15. The number of anilines is 1. The average Bonchev–Trinajstić information content (AvgIpc) is 2.44. The van der Waals surface area contributed by atoms with Gasteiger partial charge in [-0.05, 0) is 34.6 Å². The first kappa shape index (κ1) is 12.5. The van der Waals surface area contributed by atoms with Gasteiger partial charge in [-0.3, -0.25) is 0 Å². The molecule has 3 nitrogen and oxygen atoms in total. The third kappa shape index (κ3) is 3.80. The molecular weight excluding hydrogens is 208 g/mol. The second-order valence-corrected chi connectivity index (χ2v) is 5.41. The number of aromatic nitrogens is 1. The van der Waals surface area contributed by atoms with Crippen LogP contribution < -0.4 is 5.32 Å². The molecule has 0 aliphatic carbocycles. The minimum absolute atomic E-state index is 0.137. The van der Waals surface area contributed by atoms with Crippen molar-refractivity contribution in [3.8, 4) is 0 Å². The van der Waals surface area contributed by atoms with Crippen LogP contribution in [0.2, 0.25) is 0 Å². The summed E-state index contributed by atoms with van der Waals surface area (Å²) in [7, 11) is 0. The summed E-state index contributed by atoms with van der Waals surface area (Å²) in [4.78, 5) is 5.70. The van der Waals surface area contributed by atoms with Crippen molar-refractivity contribution in [1.29, 1.82) is 0 Å². The fourth-order valence-electron chi connectivity index (χ4n) is 1.28. The van der Waals surface area contributed by atoms with Crippen molar-refractivity contribution in [3.05, 3.63) is 10.6 Å². The Labute approximate surface area is 95.9 Å². The Morgan fingerprint density at radius 3 is 2.53 bits per heavy atom. The van der Waals surface area contributed by atoms with E-state index in [1.807, 2.05) is 13.8 Å². The largest absolute Gasteiger partial charge is 0.374 e. The summed E-state index contributed by atoms with van der Waals surface area (Å²) >= 11 is 1.70. The van der Waals surface area contributed by atoms with Crippen LogP contribution >= 0.6 is 11.3 Å². The first-order valence-corrected chi connectivity index (χ1v) is 6.08. The van der Waals surface area contributed by atoms with Crippen LogP contribution in [-0.4, -0.2) is 23.7 Å². The van der Waals surface area contributed by atoms with Gasteiger partial charge in [-0.15, -0.1) is 11.3 Å². The van der Waals surface area contributed by atoms with Gasteiger partial charge in [-0.1, -0.05) is 0 Å². The van der Waals surface area contributed by atoms with Gasteiger partial charge in [0.1, 0.15) is 0 Å². The van der Waals surface area contributed by atoms with Crippen molar-refractivity contribution in [2.75, 3.05) is 18.5 Å². The number of thiazole rings is 1. The van der Waals surface area contributed by atoms with E-state index in [2.05, 4.69) is 31.1 Å². The van der Waals surface area contributed by atoms with Gasteiger partial charge in [-0.2, -0.15) is 0 Å². The summed E-state index contributed by atoms with van der Waals surface area (Å²) in [6.45, 7) is 11.8. The maximum atomic E-state index is 5.60. The predicted octanol–water partition coefficient (Wildman–Crippen LogP) is 2.99. The zero-order valence-electron chi connectivity index (χ0n) is 10.2.